The summed E-state index contributed by atoms with van der Waals surface area (Å²) >= 11 is 0. The molecule has 0 saturated heterocycles. The third kappa shape index (κ3) is 5.29. The third-order valence-corrected chi connectivity index (χ3v) is 4.65. The molecule has 0 radical (unpaired) electrons. The number of halogens is 2. The zero-order valence-corrected chi connectivity index (χ0v) is 18.3. The fraction of sp³-hybridized carbons (Fsp3) is 0.381. The second kappa shape index (κ2) is 10.8. The van der Waals surface area contributed by atoms with Crippen LogP contribution in [0.1, 0.15) is 32.0 Å². The summed E-state index contributed by atoms with van der Waals surface area (Å²) in [7, 11) is 5.00. The standard InChI is InChI=1S/C21H24F2N2O7/c1-11-6-14(22)12(15(23)7-11)8-24-20(27)13-9-25(10-16(29-2)30-3)17(21(28)32-5)19(31-4)18(13)26/h6-7,9,16H,8,10H2,1-5H3,(H,24,27). The van der Waals surface area contributed by atoms with Gasteiger partial charge in [0.05, 0.1) is 20.8 Å². The molecule has 1 N–H and O–H groups in total. The average Bonchev–Trinajstić information content (AvgIpc) is 2.76. The van der Waals surface area contributed by atoms with Gasteiger partial charge in [0.15, 0.2) is 17.7 Å². The van der Waals surface area contributed by atoms with Crippen LogP contribution in [0.3, 0.4) is 0 Å². The Morgan fingerprint density at radius 3 is 2.19 bits per heavy atom. The molecule has 2 rings (SSSR count). The predicted octanol–water partition coefficient (Wildman–Crippen LogP) is 1.78. The molecule has 32 heavy (non-hydrogen) atoms. The lowest BCUT2D eigenvalue weighted by molar-refractivity contribution is -0.111. The smallest absolute Gasteiger partial charge is 0.358 e. The van der Waals surface area contributed by atoms with Gasteiger partial charge < -0.3 is 28.8 Å². The number of pyridine rings is 1. The number of nitrogens with one attached hydrogen (secondary N) is 1. The number of nitrogens with zero attached hydrogens (tertiary/aromatic N) is 1. The summed E-state index contributed by atoms with van der Waals surface area (Å²) < 4.78 is 49.4. The number of aromatic nitrogens is 1. The Bertz CT molecular complexity index is 1040. The van der Waals surface area contributed by atoms with E-state index in [1.54, 1.807) is 0 Å². The summed E-state index contributed by atoms with van der Waals surface area (Å²) in [5, 5.41) is 2.31. The molecule has 11 heteroatoms. The maximum Gasteiger partial charge on any atom is 0.358 e. The van der Waals surface area contributed by atoms with Gasteiger partial charge in [-0.15, -0.1) is 0 Å². The highest BCUT2D eigenvalue weighted by atomic mass is 19.1. The van der Waals surface area contributed by atoms with Crippen molar-refractivity contribution < 1.29 is 37.3 Å². The first-order valence-corrected chi connectivity index (χ1v) is 9.36. The fourth-order valence-corrected chi connectivity index (χ4v) is 3.01. The van der Waals surface area contributed by atoms with Crippen molar-refractivity contribution in [1.82, 2.24) is 9.88 Å². The van der Waals surface area contributed by atoms with Gasteiger partial charge in [-0.3, -0.25) is 9.59 Å². The fourth-order valence-electron chi connectivity index (χ4n) is 3.01. The van der Waals surface area contributed by atoms with Crippen molar-refractivity contribution in [2.45, 2.75) is 26.3 Å². The van der Waals surface area contributed by atoms with Crippen molar-refractivity contribution in [1.29, 1.82) is 0 Å². The molecule has 0 atom stereocenters. The molecule has 0 aliphatic heterocycles. The summed E-state index contributed by atoms with van der Waals surface area (Å²) in [6.07, 6.45) is 0.261. The first kappa shape index (κ1) is 25.0. The normalized spacial score (nSPS) is 10.9. The van der Waals surface area contributed by atoms with Gasteiger partial charge >= 0.3 is 5.97 Å². The predicted molar refractivity (Wildman–Crippen MR) is 109 cm³/mol. The van der Waals surface area contributed by atoms with Gasteiger partial charge in [-0.1, -0.05) is 0 Å². The Labute approximate surface area is 182 Å². The molecule has 0 spiro atoms. The van der Waals surface area contributed by atoms with Gasteiger partial charge in [0.2, 0.25) is 5.43 Å². The number of methoxy groups -OCH3 is 4. The number of amides is 1. The number of ether oxygens (including phenoxy) is 4. The summed E-state index contributed by atoms with van der Waals surface area (Å²) in [6.45, 7) is 0.922. The molecule has 0 aliphatic rings. The summed E-state index contributed by atoms with van der Waals surface area (Å²) in [5.74, 6) is -3.92. The van der Waals surface area contributed by atoms with Crippen LogP contribution in [0.25, 0.3) is 0 Å². The highest BCUT2D eigenvalue weighted by molar-refractivity contribution is 5.96. The molecule has 1 aromatic carbocycles. The van der Waals surface area contributed by atoms with E-state index in [4.69, 9.17) is 18.9 Å². The van der Waals surface area contributed by atoms with Crippen molar-refractivity contribution in [2.24, 2.45) is 0 Å². The number of hydrogen-bond acceptors (Lipinski definition) is 7. The van der Waals surface area contributed by atoms with Crippen LogP contribution in [0.15, 0.2) is 23.1 Å². The molecule has 1 aromatic heterocycles. The molecule has 174 valence electrons. The maximum absolute atomic E-state index is 14.1. The molecule has 0 bridgehead atoms. The van der Waals surface area contributed by atoms with E-state index in [-0.39, 0.29) is 17.8 Å². The van der Waals surface area contributed by atoms with E-state index in [2.05, 4.69) is 5.32 Å². The number of hydrogen-bond donors (Lipinski definition) is 1. The molecule has 0 aliphatic carbocycles. The number of benzene rings is 1. The Morgan fingerprint density at radius 2 is 1.69 bits per heavy atom. The average molecular weight is 454 g/mol. The number of esters is 1. The lowest BCUT2D eigenvalue weighted by atomic mass is 10.1. The maximum atomic E-state index is 14.1. The van der Waals surface area contributed by atoms with E-state index < -0.39 is 53.1 Å². The first-order valence-electron chi connectivity index (χ1n) is 9.36. The molecule has 9 nitrogen and oxygen atoms in total. The molecule has 1 amide bonds. The van der Waals surface area contributed by atoms with Crippen molar-refractivity contribution >= 4 is 11.9 Å². The number of carbonyl (C=O) groups excluding carboxylic acids is 2. The second-order valence-electron chi connectivity index (χ2n) is 6.69. The first-order chi connectivity index (χ1) is 15.2. The SMILES string of the molecule is COC(=O)c1c(OC)c(=O)c(C(=O)NCc2c(F)cc(C)cc2F)cn1CC(OC)OC. The van der Waals surface area contributed by atoms with Crippen molar-refractivity contribution in [3.05, 3.63) is 62.6 Å². The lowest BCUT2D eigenvalue weighted by Crippen LogP contribution is -2.34. The monoisotopic (exact) mass is 454 g/mol. The zero-order valence-electron chi connectivity index (χ0n) is 18.3. The Morgan fingerprint density at radius 1 is 1.09 bits per heavy atom. The van der Waals surface area contributed by atoms with Crippen LogP contribution in [0.2, 0.25) is 0 Å². The molecular formula is C21H24F2N2O7. The van der Waals surface area contributed by atoms with Crippen LogP contribution < -0.4 is 15.5 Å². The van der Waals surface area contributed by atoms with E-state index in [1.165, 1.54) is 25.7 Å². The van der Waals surface area contributed by atoms with E-state index in [9.17, 15) is 23.2 Å². The molecule has 0 fully saturated rings. The minimum Gasteiger partial charge on any atom is -0.491 e. The highest BCUT2D eigenvalue weighted by Crippen LogP contribution is 2.19. The quantitative estimate of drug-likeness (QED) is 0.455. The highest BCUT2D eigenvalue weighted by Gasteiger charge is 2.27. The molecule has 0 saturated carbocycles. The van der Waals surface area contributed by atoms with Crippen LogP contribution in [0.5, 0.6) is 5.75 Å². The van der Waals surface area contributed by atoms with Gasteiger partial charge in [-0.2, -0.15) is 0 Å². The Kier molecular flexibility index (Phi) is 8.44. The van der Waals surface area contributed by atoms with Gasteiger partial charge in [-0.25, -0.2) is 13.6 Å². The Hall–Kier alpha value is -3.31. The van der Waals surface area contributed by atoms with Crippen LogP contribution in [0.4, 0.5) is 8.78 Å². The lowest BCUT2D eigenvalue weighted by Gasteiger charge is -2.20. The van der Waals surface area contributed by atoms with Gasteiger partial charge in [0.1, 0.15) is 17.2 Å². The summed E-state index contributed by atoms with van der Waals surface area (Å²) in [4.78, 5) is 37.8. The largest absolute Gasteiger partial charge is 0.491 e. The van der Waals surface area contributed by atoms with E-state index in [0.717, 1.165) is 32.5 Å². The van der Waals surface area contributed by atoms with Gasteiger partial charge in [0.25, 0.3) is 5.91 Å². The number of carbonyl (C=O) groups is 2. The van der Waals surface area contributed by atoms with Gasteiger partial charge in [-0.05, 0) is 24.6 Å². The zero-order chi connectivity index (χ0) is 24.0. The van der Waals surface area contributed by atoms with Crippen molar-refractivity contribution in [3.8, 4) is 5.75 Å². The summed E-state index contributed by atoms with van der Waals surface area (Å²) in [5.41, 5.74) is -1.56. The van der Waals surface area contributed by atoms with Crippen molar-refractivity contribution in [2.75, 3.05) is 28.4 Å². The minimum absolute atomic E-state index is 0.102. The summed E-state index contributed by atoms with van der Waals surface area (Å²) in [6, 6.07) is 2.25. The molecular weight excluding hydrogens is 430 g/mol. The van der Waals surface area contributed by atoms with E-state index in [1.807, 2.05) is 0 Å². The van der Waals surface area contributed by atoms with E-state index in [0.29, 0.717) is 5.56 Å². The molecule has 1 heterocycles. The van der Waals surface area contributed by atoms with E-state index >= 15 is 0 Å². The molecule has 2 aromatic rings. The van der Waals surface area contributed by atoms with Crippen LogP contribution in [0, 0.1) is 18.6 Å². The van der Waals surface area contributed by atoms with Crippen LogP contribution in [-0.2, 0) is 27.3 Å². The van der Waals surface area contributed by atoms with Crippen LogP contribution >= 0.6 is 0 Å². The second-order valence-corrected chi connectivity index (χ2v) is 6.69. The van der Waals surface area contributed by atoms with Crippen LogP contribution in [-0.4, -0.2) is 51.2 Å². The van der Waals surface area contributed by atoms with Crippen molar-refractivity contribution in [3.63, 3.8) is 0 Å². The topological polar surface area (TPSA) is 105 Å². The number of aryl methyl sites for hydroxylation is 1. The third-order valence-electron chi connectivity index (χ3n) is 4.65. The molecule has 0 unspecified atom stereocenters. The Balaban J connectivity index is 2.49. The van der Waals surface area contributed by atoms with Gasteiger partial charge in [0, 0.05) is 32.5 Å². The minimum atomic E-state index is -0.927. The number of rotatable bonds is 9.